The van der Waals surface area contributed by atoms with Crippen molar-refractivity contribution >= 4 is 23.2 Å². The molecule has 0 aliphatic heterocycles. The van der Waals surface area contributed by atoms with Crippen molar-refractivity contribution in [3.05, 3.63) is 75.3 Å². The normalized spacial score (nSPS) is 16.1. The summed E-state index contributed by atoms with van der Waals surface area (Å²) >= 11 is 0. The molecule has 2 aromatic carbocycles. The standard InChI is InChI=1S/C21H21N3O5/c1-2-29-21(26)19(13-14-7-10-16(11-8-14)24(27)28)23-22-18-12-9-15-5-3-4-6-17(15)20(18)25/h3-8,10-11,18,22H,2,9,12-13H2,1H3/b23-19-/t18-/m0/s1. The first kappa shape index (κ1) is 20.2. The van der Waals surface area contributed by atoms with E-state index < -0.39 is 16.9 Å². The summed E-state index contributed by atoms with van der Waals surface area (Å²) in [5.41, 5.74) is 5.25. The molecule has 3 rings (SSSR count). The van der Waals surface area contributed by atoms with Gasteiger partial charge in [0.05, 0.1) is 11.5 Å². The third-order valence-corrected chi connectivity index (χ3v) is 4.69. The van der Waals surface area contributed by atoms with Crippen LogP contribution in [0.1, 0.15) is 34.8 Å². The quantitative estimate of drug-likeness (QED) is 0.334. The molecule has 0 unspecified atom stereocenters. The molecular weight excluding hydrogens is 374 g/mol. The van der Waals surface area contributed by atoms with Crippen molar-refractivity contribution in [3.63, 3.8) is 0 Å². The molecule has 0 fully saturated rings. The Kier molecular flexibility index (Phi) is 6.33. The van der Waals surface area contributed by atoms with Gasteiger partial charge in [0.1, 0.15) is 11.8 Å². The Labute approximate surface area is 167 Å². The zero-order valence-electron chi connectivity index (χ0n) is 16.0. The summed E-state index contributed by atoms with van der Waals surface area (Å²) in [4.78, 5) is 35.3. The van der Waals surface area contributed by atoms with Gasteiger partial charge in [0.2, 0.25) is 0 Å². The molecule has 0 spiro atoms. The largest absolute Gasteiger partial charge is 0.461 e. The lowest BCUT2D eigenvalue weighted by molar-refractivity contribution is -0.384. The summed E-state index contributed by atoms with van der Waals surface area (Å²) < 4.78 is 5.06. The third kappa shape index (κ3) is 4.84. The first-order valence-corrected chi connectivity index (χ1v) is 9.34. The molecule has 0 saturated carbocycles. The minimum atomic E-state index is -0.595. The Morgan fingerprint density at radius 3 is 2.66 bits per heavy atom. The van der Waals surface area contributed by atoms with Crippen molar-refractivity contribution in [2.45, 2.75) is 32.2 Å². The van der Waals surface area contributed by atoms with Crippen LogP contribution in [0.25, 0.3) is 0 Å². The number of ether oxygens (including phenoxy) is 1. The second-order valence-corrected chi connectivity index (χ2v) is 6.62. The number of hydrogen-bond acceptors (Lipinski definition) is 7. The number of hydrazone groups is 1. The highest BCUT2D eigenvalue weighted by Gasteiger charge is 2.27. The third-order valence-electron chi connectivity index (χ3n) is 4.69. The van der Waals surface area contributed by atoms with Crippen LogP contribution in [0.2, 0.25) is 0 Å². The summed E-state index contributed by atoms with van der Waals surface area (Å²) in [6.07, 6.45) is 1.44. The summed E-state index contributed by atoms with van der Waals surface area (Å²) in [6.45, 7) is 1.88. The average Bonchev–Trinajstić information content (AvgIpc) is 2.73. The number of aryl methyl sites for hydroxylation is 1. The van der Waals surface area contributed by atoms with Crippen LogP contribution in [0.15, 0.2) is 53.6 Å². The number of non-ortho nitro benzene ring substituents is 1. The summed E-state index contributed by atoms with van der Waals surface area (Å²) in [7, 11) is 0. The first-order valence-electron chi connectivity index (χ1n) is 9.34. The van der Waals surface area contributed by atoms with Gasteiger partial charge >= 0.3 is 5.97 Å². The lowest BCUT2D eigenvalue weighted by Gasteiger charge is -2.23. The molecule has 1 N–H and O–H groups in total. The zero-order valence-corrected chi connectivity index (χ0v) is 16.0. The molecule has 29 heavy (non-hydrogen) atoms. The number of hydrogen-bond donors (Lipinski definition) is 1. The van der Waals surface area contributed by atoms with Crippen LogP contribution in [0.5, 0.6) is 0 Å². The van der Waals surface area contributed by atoms with Gasteiger partial charge in [0.25, 0.3) is 5.69 Å². The van der Waals surface area contributed by atoms with Gasteiger partial charge in [-0.3, -0.25) is 20.3 Å². The average molecular weight is 395 g/mol. The number of esters is 1. The minimum absolute atomic E-state index is 0.0343. The van der Waals surface area contributed by atoms with Crippen molar-refractivity contribution in [2.75, 3.05) is 6.61 Å². The van der Waals surface area contributed by atoms with Gasteiger partial charge in [-0.1, -0.05) is 36.4 Å². The number of fused-ring (bicyclic) bond motifs is 1. The molecule has 1 atom stereocenters. The van der Waals surface area contributed by atoms with Crippen LogP contribution in [0.4, 0.5) is 5.69 Å². The number of Topliss-reactive ketones (excluding diaryl/α,β-unsaturated/α-hetero) is 1. The number of nitrogens with zero attached hydrogens (tertiary/aromatic N) is 2. The highest BCUT2D eigenvalue weighted by Crippen LogP contribution is 2.21. The summed E-state index contributed by atoms with van der Waals surface area (Å²) in [5.74, 6) is -0.656. The number of nitro groups is 1. The van der Waals surface area contributed by atoms with E-state index >= 15 is 0 Å². The van der Waals surface area contributed by atoms with E-state index in [0.29, 0.717) is 17.5 Å². The molecule has 0 bridgehead atoms. The number of carbonyl (C=O) groups excluding carboxylic acids is 2. The highest BCUT2D eigenvalue weighted by molar-refractivity contribution is 6.36. The number of ketones is 1. The van der Waals surface area contributed by atoms with Crippen molar-refractivity contribution < 1.29 is 19.2 Å². The molecule has 1 aliphatic rings. The Balaban J connectivity index is 1.76. The zero-order chi connectivity index (χ0) is 20.8. The van der Waals surface area contributed by atoms with Crippen LogP contribution < -0.4 is 5.43 Å². The summed E-state index contributed by atoms with van der Waals surface area (Å²) in [5, 5.41) is 15.0. The van der Waals surface area contributed by atoms with E-state index in [0.717, 1.165) is 12.0 Å². The van der Waals surface area contributed by atoms with Gasteiger partial charge in [0.15, 0.2) is 5.78 Å². The van der Waals surface area contributed by atoms with Crippen LogP contribution >= 0.6 is 0 Å². The molecule has 0 aromatic heterocycles. The number of carbonyl (C=O) groups is 2. The fraction of sp³-hybridized carbons (Fsp3) is 0.286. The number of benzene rings is 2. The maximum Gasteiger partial charge on any atom is 0.354 e. The lowest BCUT2D eigenvalue weighted by atomic mass is 9.87. The summed E-state index contributed by atoms with van der Waals surface area (Å²) in [6, 6.07) is 12.8. The van der Waals surface area contributed by atoms with E-state index in [-0.39, 0.29) is 30.2 Å². The second-order valence-electron chi connectivity index (χ2n) is 6.62. The molecule has 8 nitrogen and oxygen atoms in total. The molecule has 0 heterocycles. The fourth-order valence-electron chi connectivity index (χ4n) is 3.18. The van der Waals surface area contributed by atoms with Gasteiger partial charge in [-0.2, -0.15) is 5.10 Å². The molecule has 1 aliphatic carbocycles. The number of rotatable bonds is 7. The molecule has 0 saturated heterocycles. The van der Waals surface area contributed by atoms with E-state index in [4.69, 9.17) is 4.74 Å². The van der Waals surface area contributed by atoms with E-state index in [1.807, 2.05) is 18.2 Å². The van der Waals surface area contributed by atoms with Gasteiger partial charge in [-0.05, 0) is 30.9 Å². The van der Waals surface area contributed by atoms with E-state index in [2.05, 4.69) is 10.5 Å². The predicted molar refractivity (Wildman–Crippen MR) is 107 cm³/mol. The Morgan fingerprint density at radius 2 is 1.97 bits per heavy atom. The topological polar surface area (TPSA) is 111 Å². The SMILES string of the molecule is CCOC(=O)/C(Cc1ccc([N+](=O)[O-])cc1)=N\N[C@H]1CCc2ccccc2C1=O. The Bertz CT molecular complexity index is 953. The van der Waals surface area contributed by atoms with Crippen LogP contribution in [-0.2, 0) is 22.4 Å². The monoisotopic (exact) mass is 395 g/mol. The Morgan fingerprint density at radius 1 is 1.24 bits per heavy atom. The molecule has 0 radical (unpaired) electrons. The highest BCUT2D eigenvalue weighted by atomic mass is 16.6. The maximum atomic E-state index is 12.7. The number of nitrogens with one attached hydrogen (secondary N) is 1. The van der Waals surface area contributed by atoms with Gasteiger partial charge in [-0.25, -0.2) is 4.79 Å². The van der Waals surface area contributed by atoms with Crippen LogP contribution in [0, 0.1) is 10.1 Å². The van der Waals surface area contributed by atoms with Crippen LogP contribution in [0.3, 0.4) is 0 Å². The van der Waals surface area contributed by atoms with Gasteiger partial charge in [-0.15, -0.1) is 0 Å². The smallest absolute Gasteiger partial charge is 0.354 e. The van der Waals surface area contributed by atoms with Crippen LogP contribution in [-0.4, -0.2) is 35.0 Å². The number of nitro benzene ring substituents is 1. The van der Waals surface area contributed by atoms with E-state index in [9.17, 15) is 19.7 Å². The maximum absolute atomic E-state index is 12.7. The lowest BCUT2D eigenvalue weighted by Crippen LogP contribution is -2.39. The second kappa shape index (κ2) is 9.09. The van der Waals surface area contributed by atoms with E-state index in [1.165, 1.54) is 12.1 Å². The van der Waals surface area contributed by atoms with Crippen molar-refractivity contribution in [3.8, 4) is 0 Å². The molecule has 2 aromatic rings. The van der Waals surface area contributed by atoms with Crippen molar-refractivity contribution in [1.82, 2.24) is 5.43 Å². The fourth-order valence-corrected chi connectivity index (χ4v) is 3.18. The first-order chi connectivity index (χ1) is 14.0. The minimum Gasteiger partial charge on any atom is -0.461 e. The van der Waals surface area contributed by atoms with Crippen molar-refractivity contribution in [2.24, 2.45) is 5.10 Å². The predicted octanol–water partition coefficient (Wildman–Crippen LogP) is 2.84. The van der Waals surface area contributed by atoms with Gasteiger partial charge in [0, 0.05) is 24.1 Å². The van der Waals surface area contributed by atoms with E-state index in [1.54, 1.807) is 25.1 Å². The molecule has 150 valence electrons. The molecule has 0 amide bonds. The Hall–Kier alpha value is -3.55. The molecule has 8 heteroatoms. The molecular formula is C21H21N3O5. The van der Waals surface area contributed by atoms with Crippen molar-refractivity contribution in [1.29, 1.82) is 0 Å². The van der Waals surface area contributed by atoms with Gasteiger partial charge < -0.3 is 4.74 Å².